The molecule has 0 spiro atoms. The van der Waals surface area contributed by atoms with Gasteiger partial charge in [0.25, 0.3) is 0 Å². The zero-order chi connectivity index (χ0) is 9.97. The quantitative estimate of drug-likeness (QED) is 0.653. The van der Waals surface area contributed by atoms with E-state index < -0.39 is 0 Å². The van der Waals surface area contributed by atoms with Gasteiger partial charge in [0.05, 0.1) is 6.20 Å². The fraction of sp³-hybridized carbons (Fsp3) is 0.111. The number of aldehydes is 1. The molecule has 0 fully saturated rings. The minimum atomic E-state index is 0.517. The van der Waals surface area contributed by atoms with Crippen molar-refractivity contribution in [2.45, 2.75) is 6.92 Å². The number of aromatic nitrogens is 4. The Balaban J connectivity index is 2.57. The number of carbonyl (C=O) groups is 1. The first-order chi connectivity index (χ1) is 6.83. The van der Waals surface area contributed by atoms with Crippen molar-refractivity contribution in [3.63, 3.8) is 0 Å². The summed E-state index contributed by atoms with van der Waals surface area (Å²) in [5, 5.41) is 4.05. The predicted octanol–water partition coefficient (Wildman–Crippen LogP) is 0.783. The third-order valence-corrected chi connectivity index (χ3v) is 1.89. The summed E-state index contributed by atoms with van der Waals surface area (Å²) in [5.74, 6) is 0.593. The molecule has 2 aromatic rings. The normalized spacial score (nSPS) is 10.1. The maximum Gasteiger partial charge on any atom is 0.168 e. The number of hydrogen-bond acceptors (Lipinski definition) is 4. The molecule has 0 aliphatic carbocycles. The average Bonchev–Trinajstić information content (AvgIpc) is 2.61. The van der Waals surface area contributed by atoms with E-state index in [4.69, 9.17) is 0 Å². The largest absolute Gasteiger partial charge is 0.296 e. The van der Waals surface area contributed by atoms with Crippen molar-refractivity contribution in [3.05, 3.63) is 36.0 Å². The summed E-state index contributed by atoms with van der Waals surface area (Å²) in [6.45, 7) is 1.83. The van der Waals surface area contributed by atoms with E-state index in [0.29, 0.717) is 11.5 Å². The molecule has 0 atom stereocenters. The lowest BCUT2D eigenvalue weighted by Gasteiger charge is -2.00. The van der Waals surface area contributed by atoms with Crippen LogP contribution in [-0.4, -0.2) is 26.0 Å². The van der Waals surface area contributed by atoms with Gasteiger partial charge in [0, 0.05) is 12.3 Å². The summed E-state index contributed by atoms with van der Waals surface area (Å²) in [6.07, 6.45) is 5.42. The topological polar surface area (TPSA) is 60.7 Å². The first kappa shape index (κ1) is 8.55. The van der Waals surface area contributed by atoms with Crippen LogP contribution in [-0.2, 0) is 0 Å². The monoisotopic (exact) mass is 188 g/mol. The van der Waals surface area contributed by atoms with Crippen molar-refractivity contribution >= 4 is 6.29 Å². The Labute approximate surface area is 80.4 Å². The number of nitrogens with zero attached hydrogens (tertiary/aromatic N) is 4. The molecule has 14 heavy (non-hydrogen) atoms. The van der Waals surface area contributed by atoms with Crippen LogP contribution in [0.2, 0.25) is 0 Å². The molecule has 0 bridgehead atoms. The minimum Gasteiger partial charge on any atom is -0.296 e. The van der Waals surface area contributed by atoms with Gasteiger partial charge in [-0.2, -0.15) is 5.10 Å². The molecule has 0 unspecified atom stereocenters. The van der Waals surface area contributed by atoms with Gasteiger partial charge in [0.2, 0.25) is 0 Å². The van der Waals surface area contributed by atoms with Gasteiger partial charge in [-0.05, 0) is 12.5 Å². The molecule has 70 valence electrons. The van der Waals surface area contributed by atoms with Crippen LogP contribution in [0.3, 0.4) is 0 Å². The van der Waals surface area contributed by atoms with Crippen molar-refractivity contribution < 1.29 is 4.79 Å². The highest BCUT2D eigenvalue weighted by molar-refractivity contribution is 5.75. The lowest BCUT2D eigenvalue weighted by atomic mass is 10.3. The van der Waals surface area contributed by atoms with Crippen molar-refractivity contribution in [3.8, 4) is 5.82 Å². The van der Waals surface area contributed by atoms with Gasteiger partial charge in [-0.1, -0.05) is 0 Å². The molecule has 5 nitrogen and oxygen atoms in total. The van der Waals surface area contributed by atoms with Gasteiger partial charge >= 0.3 is 0 Å². The van der Waals surface area contributed by atoms with E-state index in [0.717, 1.165) is 11.8 Å². The Bertz CT molecular complexity index is 449. The molecular formula is C9H8N4O. The molecule has 0 N–H and O–H groups in total. The van der Waals surface area contributed by atoms with Crippen LogP contribution in [0.1, 0.15) is 16.1 Å². The Morgan fingerprint density at radius 2 is 2.36 bits per heavy atom. The molecule has 0 aliphatic heterocycles. The molecule has 0 amide bonds. The van der Waals surface area contributed by atoms with Gasteiger partial charge in [0.1, 0.15) is 12.0 Å². The summed E-state index contributed by atoms with van der Waals surface area (Å²) in [6, 6.07) is 1.69. The Morgan fingerprint density at radius 3 is 3.00 bits per heavy atom. The fourth-order valence-electron chi connectivity index (χ4n) is 1.17. The van der Waals surface area contributed by atoms with Crippen molar-refractivity contribution in [2.24, 2.45) is 0 Å². The SMILES string of the molecule is Cc1cnn(-c2ccncn2)c1C=O. The van der Waals surface area contributed by atoms with E-state index in [1.165, 1.54) is 11.0 Å². The van der Waals surface area contributed by atoms with Crippen molar-refractivity contribution in [1.82, 2.24) is 19.7 Å². The zero-order valence-electron chi connectivity index (χ0n) is 7.58. The molecule has 0 aliphatic rings. The van der Waals surface area contributed by atoms with Gasteiger partial charge in [0.15, 0.2) is 12.1 Å². The number of carbonyl (C=O) groups excluding carboxylic acids is 1. The second-order valence-electron chi connectivity index (χ2n) is 2.81. The molecule has 2 aromatic heterocycles. The molecule has 2 heterocycles. The molecular weight excluding hydrogens is 180 g/mol. The fourth-order valence-corrected chi connectivity index (χ4v) is 1.17. The van der Waals surface area contributed by atoms with Crippen LogP contribution in [0, 0.1) is 6.92 Å². The van der Waals surface area contributed by atoms with Crippen LogP contribution in [0.15, 0.2) is 24.8 Å². The minimum absolute atomic E-state index is 0.517. The zero-order valence-corrected chi connectivity index (χ0v) is 7.58. The van der Waals surface area contributed by atoms with Crippen molar-refractivity contribution in [2.75, 3.05) is 0 Å². The maximum atomic E-state index is 10.8. The van der Waals surface area contributed by atoms with E-state index in [1.54, 1.807) is 18.5 Å². The average molecular weight is 188 g/mol. The number of aryl methyl sites for hydroxylation is 1. The summed E-state index contributed by atoms with van der Waals surface area (Å²) in [4.78, 5) is 18.6. The highest BCUT2D eigenvalue weighted by Crippen LogP contribution is 2.08. The summed E-state index contributed by atoms with van der Waals surface area (Å²) in [7, 11) is 0. The highest BCUT2D eigenvalue weighted by Gasteiger charge is 2.08. The van der Waals surface area contributed by atoms with E-state index in [1.807, 2.05) is 6.92 Å². The maximum absolute atomic E-state index is 10.8. The summed E-state index contributed by atoms with van der Waals surface area (Å²) in [5.41, 5.74) is 1.35. The third kappa shape index (κ3) is 1.28. The van der Waals surface area contributed by atoms with Crippen LogP contribution in [0.25, 0.3) is 5.82 Å². The van der Waals surface area contributed by atoms with E-state index in [2.05, 4.69) is 15.1 Å². The van der Waals surface area contributed by atoms with E-state index in [-0.39, 0.29) is 0 Å². The Kier molecular flexibility index (Phi) is 2.06. The number of rotatable bonds is 2. The van der Waals surface area contributed by atoms with Gasteiger partial charge in [-0.3, -0.25) is 4.79 Å². The standard InChI is InChI=1S/C9H8N4O/c1-7-4-12-13(8(7)5-14)9-2-3-10-6-11-9/h2-6H,1H3. The smallest absolute Gasteiger partial charge is 0.168 e. The molecule has 0 radical (unpaired) electrons. The van der Waals surface area contributed by atoms with Crippen molar-refractivity contribution in [1.29, 1.82) is 0 Å². The van der Waals surface area contributed by atoms with E-state index in [9.17, 15) is 4.79 Å². The van der Waals surface area contributed by atoms with Crippen LogP contribution < -0.4 is 0 Å². The lowest BCUT2D eigenvalue weighted by Crippen LogP contribution is -2.03. The lowest BCUT2D eigenvalue weighted by molar-refractivity contribution is 0.111. The molecule has 2 rings (SSSR count). The second-order valence-corrected chi connectivity index (χ2v) is 2.81. The molecule has 0 saturated heterocycles. The Hall–Kier alpha value is -2.04. The highest BCUT2D eigenvalue weighted by atomic mass is 16.1. The number of hydrogen-bond donors (Lipinski definition) is 0. The van der Waals surface area contributed by atoms with Gasteiger partial charge < -0.3 is 0 Å². The first-order valence-electron chi connectivity index (χ1n) is 4.09. The molecule has 5 heteroatoms. The van der Waals surface area contributed by atoms with E-state index >= 15 is 0 Å². The van der Waals surface area contributed by atoms with Crippen LogP contribution in [0.4, 0.5) is 0 Å². The van der Waals surface area contributed by atoms with Gasteiger partial charge in [-0.15, -0.1) is 0 Å². The Morgan fingerprint density at radius 1 is 1.50 bits per heavy atom. The molecule has 0 aromatic carbocycles. The second kappa shape index (κ2) is 3.37. The van der Waals surface area contributed by atoms with Crippen LogP contribution >= 0.6 is 0 Å². The van der Waals surface area contributed by atoms with Gasteiger partial charge in [-0.25, -0.2) is 14.6 Å². The third-order valence-electron chi connectivity index (χ3n) is 1.89. The molecule has 0 saturated carbocycles. The summed E-state index contributed by atoms with van der Waals surface area (Å²) < 4.78 is 1.49. The van der Waals surface area contributed by atoms with Crippen LogP contribution in [0.5, 0.6) is 0 Å². The first-order valence-corrected chi connectivity index (χ1v) is 4.09. The predicted molar refractivity (Wildman–Crippen MR) is 49.3 cm³/mol. The summed E-state index contributed by atoms with van der Waals surface area (Å²) >= 11 is 0.